The molecule has 0 atom stereocenters. The summed E-state index contributed by atoms with van der Waals surface area (Å²) in [7, 11) is 0. The van der Waals surface area contributed by atoms with E-state index in [0.29, 0.717) is 11.0 Å². The van der Waals surface area contributed by atoms with Crippen LogP contribution in [0.1, 0.15) is 22.8 Å². The lowest BCUT2D eigenvalue weighted by Gasteiger charge is -2.04. The summed E-state index contributed by atoms with van der Waals surface area (Å²) in [6.07, 6.45) is 0. The number of rotatable bonds is 2. The molecule has 0 fully saturated rings. The maximum atomic E-state index is 12.6. The number of carbonyl (C=O) groups is 1. The maximum absolute atomic E-state index is 12.6. The fourth-order valence-corrected chi connectivity index (χ4v) is 2.34. The van der Waals surface area contributed by atoms with Crippen LogP contribution in [-0.4, -0.2) is 12.6 Å². The molecule has 0 amide bonds. The Morgan fingerprint density at radius 2 is 2.09 bits per heavy atom. The molecule has 0 aliphatic carbocycles. The van der Waals surface area contributed by atoms with Crippen LogP contribution < -0.4 is 16.1 Å². The van der Waals surface area contributed by atoms with Crippen molar-refractivity contribution in [2.24, 2.45) is 0 Å². The van der Waals surface area contributed by atoms with Crippen LogP contribution in [0, 0.1) is 6.92 Å². The number of aryl methyl sites for hydroxylation is 1. The molecule has 22 heavy (non-hydrogen) atoms. The maximum Gasteiger partial charge on any atom is 0.346 e. The van der Waals surface area contributed by atoms with Gasteiger partial charge in [-0.15, -0.1) is 0 Å². The van der Waals surface area contributed by atoms with Crippen LogP contribution in [-0.2, 0) is 4.74 Å². The van der Waals surface area contributed by atoms with E-state index < -0.39 is 5.97 Å². The van der Waals surface area contributed by atoms with Crippen LogP contribution in [0.3, 0.4) is 0 Å². The van der Waals surface area contributed by atoms with E-state index in [2.05, 4.69) is 4.98 Å². The van der Waals surface area contributed by atoms with Gasteiger partial charge in [0.1, 0.15) is 16.5 Å². The highest BCUT2D eigenvalue weighted by Gasteiger charge is 2.21. The number of H-pyrrole nitrogens is 1. The lowest BCUT2D eigenvalue weighted by molar-refractivity contribution is -0.338. The number of aromatic nitrogens is 1. The molecule has 3 rings (SSSR count). The van der Waals surface area contributed by atoms with E-state index in [1.807, 2.05) is 13.0 Å². The van der Waals surface area contributed by atoms with Crippen molar-refractivity contribution in [2.45, 2.75) is 13.8 Å². The van der Waals surface area contributed by atoms with Crippen molar-refractivity contribution in [1.82, 2.24) is 0 Å². The number of hydrogen-bond acceptors (Lipinski definition) is 5. The van der Waals surface area contributed by atoms with Crippen molar-refractivity contribution in [3.8, 4) is 0 Å². The third-order valence-electron chi connectivity index (χ3n) is 3.40. The van der Waals surface area contributed by atoms with Crippen molar-refractivity contribution in [1.29, 1.82) is 0 Å². The van der Waals surface area contributed by atoms with Gasteiger partial charge in [0.05, 0.1) is 12.0 Å². The number of nitrogens with two attached hydrogens (primary N) is 1. The van der Waals surface area contributed by atoms with Gasteiger partial charge in [-0.2, -0.15) is 0 Å². The largest absolute Gasteiger partial charge is 0.462 e. The molecule has 112 valence electrons. The molecule has 1 aromatic carbocycles. The number of hydrogen-bond donors (Lipinski definition) is 1. The predicted molar refractivity (Wildman–Crippen MR) is 81.7 cm³/mol. The van der Waals surface area contributed by atoms with Crippen molar-refractivity contribution in [3.05, 3.63) is 45.6 Å². The number of pyridine rings is 1. The number of nitrogen functional groups attached to an aromatic ring is 1. The molecule has 0 unspecified atom stereocenters. The Morgan fingerprint density at radius 3 is 2.82 bits per heavy atom. The number of ether oxygens (including phenoxy) is 1. The zero-order valence-corrected chi connectivity index (χ0v) is 12.2. The third-order valence-corrected chi connectivity index (χ3v) is 3.40. The van der Waals surface area contributed by atoms with Gasteiger partial charge in [-0.1, -0.05) is 11.6 Å². The molecule has 0 radical (unpaired) electrons. The second-order valence-corrected chi connectivity index (χ2v) is 4.99. The number of anilines is 1. The molecule has 0 saturated heterocycles. The lowest BCUT2D eigenvalue weighted by Crippen LogP contribution is -2.21. The quantitative estimate of drug-likeness (QED) is 0.575. The van der Waals surface area contributed by atoms with Crippen LogP contribution in [0.25, 0.3) is 22.1 Å². The smallest absolute Gasteiger partial charge is 0.346 e. The summed E-state index contributed by atoms with van der Waals surface area (Å²) in [6.45, 7) is 3.81. The van der Waals surface area contributed by atoms with Gasteiger partial charge in [0, 0.05) is 0 Å². The minimum atomic E-state index is -0.582. The Labute approximate surface area is 125 Å². The Bertz CT molecular complexity index is 960. The van der Waals surface area contributed by atoms with Crippen LogP contribution in [0.4, 0.5) is 5.82 Å². The van der Waals surface area contributed by atoms with Crippen LogP contribution >= 0.6 is 0 Å². The molecular weight excluding hydrogens is 284 g/mol. The summed E-state index contributed by atoms with van der Waals surface area (Å²) in [5, 5.41) is 0.718. The van der Waals surface area contributed by atoms with Gasteiger partial charge in [0.15, 0.2) is 0 Å². The fourth-order valence-electron chi connectivity index (χ4n) is 2.34. The Morgan fingerprint density at radius 1 is 1.32 bits per heavy atom. The molecule has 2 aromatic heterocycles. The predicted octanol–water partition coefficient (Wildman–Crippen LogP) is 1.83. The van der Waals surface area contributed by atoms with Gasteiger partial charge < -0.3 is 9.15 Å². The molecule has 3 N–H and O–H groups in total. The van der Waals surface area contributed by atoms with Crippen LogP contribution in [0.2, 0.25) is 0 Å². The van der Waals surface area contributed by atoms with Crippen LogP contribution in [0.5, 0.6) is 0 Å². The summed E-state index contributed by atoms with van der Waals surface area (Å²) in [5.74, 6) is -0.484. The molecule has 0 aliphatic rings. The van der Waals surface area contributed by atoms with E-state index >= 15 is 0 Å². The molecule has 0 spiro atoms. The topological polar surface area (TPSA) is 96.7 Å². The van der Waals surface area contributed by atoms with E-state index in [9.17, 15) is 9.59 Å². The zero-order valence-electron chi connectivity index (χ0n) is 12.2. The highest BCUT2D eigenvalue weighted by Crippen LogP contribution is 2.19. The molecule has 2 heterocycles. The average Bonchev–Trinajstić information content (AvgIpc) is 2.48. The van der Waals surface area contributed by atoms with E-state index in [1.165, 1.54) is 6.07 Å². The zero-order chi connectivity index (χ0) is 15.9. The second-order valence-electron chi connectivity index (χ2n) is 4.99. The first-order chi connectivity index (χ1) is 10.5. The van der Waals surface area contributed by atoms with E-state index in [0.717, 1.165) is 5.56 Å². The molecule has 0 bridgehead atoms. The number of fused-ring (bicyclic) bond motifs is 2. The van der Waals surface area contributed by atoms with Gasteiger partial charge in [0.2, 0.25) is 5.43 Å². The molecule has 3 aromatic rings. The summed E-state index contributed by atoms with van der Waals surface area (Å²) >= 11 is 0. The van der Waals surface area contributed by atoms with Crippen molar-refractivity contribution >= 4 is 33.9 Å². The number of esters is 1. The Hall–Kier alpha value is -2.89. The molecule has 6 nitrogen and oxygen atoms in total. The number of carbonyl (C=O) groups excluding carboxylic acids is 1. The second kappa shape index (κ2) is 5.14. The summed E-state index contributed by atoms with van der Waals surface area (Å²) < 4.78 is 10.6. The summed E-state index contributed by atoms with van der Waals surface area (Å²) in [6, 6.07) is 6.75. The first-order valence-electron chi connectivity index (χ1n) is 6.87. The standard InChI is InChI=1S/C16H14N2O4/c1-3-21-16(20)11-7-10-13(19)9-6-8(2)4-5-12(9)22-15(10)18-14(11)17/h4-7H,3H2,1-2H3,(H2,17,18)/p+1. The number of benzene rings is 1. The summed E-state index contributed by atoms with van der Waals surface area (Å²) in [4.78, 5) is 27.3. The number of aromatic amines is 1. The average molecular weight is 299 g/mol. The molecule has 0 saturated carbocycles. The SMILES string of the molecule is CCOC(=O)c1cc2c(=O)c3cc(C)ccc3oc2[nH+]c1N. The fraction of sp³-hybridized carbons (Fsp3) is 0.188. The Kier molecular flexibility index (Phi) is 3.29. The van der Waals surface area contributed by atoms with Gasteiger partial charge in [0.25, 0.3) is 11.5 Å². The minimum Gasteiger partial charge on any atom is -0.462 e. The molecule has 0 aliphatic heterocycles. The van der Waals surface area contributed by atoms with E-state index in [4.69, 9.17) is 14.9 Å². The van der Waals surface area contributed by atoms with Crippen molar-refractivity contribution in [2.75, 3.05) is 12.3 Å². The van der Waals surface area contributed by atoms with Gasteiger partial charge in [-0.3, -0.25) is 10.5 Å². The normalized spacial score (nSPS) is 11.0. The highest BCUT2D eigenvalue weighted by atomic mass is 16.5. The van der Waals surface area contributed by atoms with Crippen molar-refractivity contribution < 1.29 is 18.9 Å². The lowest BCUT2D eigenvalue weighted by atomic mass is 10.1. The van der Waals surface area contributed by atoms with Gasteiger partial charge in [-0.25, -0.2) is 9.78 Å². The summed E-state index contributed by atoms with van der Waals surface area (Å²) in [5.41, 5.74) is 7.35. The highest BCUT2D eigenvalue weighted by molar-refractivity contribution is 5.97. The van der Waals surface area contributed by atoms with Crippen LogP contribution in [0.15, 0.2) is 33.5 Å². The number of nitrogens with one attached hydrogen (secondary N) is 1. The van der Waals surface area contributed by atoms with Crippen molar-refractivity contribution in [3.63, 3.8) is 0 Å². The first kappa shape index (κ1) is 14.1. The monoisotopic (exact) mass is 299 g/mol. The first-order valence-corrected chi connectivity index (χ1v) is 6.87. The van der Waals surface area contributed by atoms with E-state index in [-0.39, 0.29) is 34.5 Å². The minimum absolute atomic E-state index is 0.0977. The third kappa shape index (κ3) is 2.18. The van der Waals surface area contributed by atoms with Gasteiger partial charge >= 0.3 is 5.97 Å². The van der Waals surface area contributed by atoms with Gasteiger partial charge in [-0.05, 0) is 32.0 Å². The van der Waals surface area contributed by atoms with E-state index in [1.54, 1.807) is 19.1 Å². The Balaban J connectivity index is 2.35. The molecule has 6 heteroatoms. The molecular formula is C16H15N2O4+.